The van der Waals surface area contributed by atoms with E-state index >= 15 is 0 Å². The number of amides is 1. The topological polar surface area (TPSA) is 74.8 Å². The number of aromatic amines is 1. The number of thioether (sulfide) groups is 1. The zero-order chi connectivity index (χ0) is 20.8. The first-order valence-electron chi connectivity index (χ1n) is 9.81. The number of pyridine rings is 2. The standard InChI is InChI=1S/C23H23N5OS/c1-17(23-26-20-6-2-3-7-21(20)27-23)30-16-22(29)28(14-18-8-11-24-12-9-18)15-19-5-4-10-25-13-19/h2-13,17H,14-16H2,1H3,(H,26,27). The van der Waals surface area contributed by atoms with Crippen molar-refractivity contribution in [3.8, 4) is 0 Å². The van der Waals surface area contributed by atoms with E-state index in [1.54, 1.807) is 36.5 Å². The molecule has 0 saturated carbocycles. The lowest BCUT2D eigenvalue weighted by molar-refractivity contribution is -0.129. The van der Waals surface area contributed by atoms with Crippen LogP contribution in [0, 0.1) is 0 Å². The Balaban J connectivity index is 1.43. The number of nitrogens with zero attached hydrogens (tertiary/aromatic N) is 4. The van der Waals surface area contributed by atoms with E-state index < -0.39 is 0 Å². The fourth-order valence-corrected chi connectivity index (χ4v) is 4.03. The van der Waals surface area contributed by atoms with Crippen molar-refractivity contribution in [3.63, 3.8) is 0 Å². The van der Waals surface area contributed by atoms with Crippen LogP contribution in [0.15, 0.2) is 73.3 Å². The average molecular weight is 418 g/mol. The van der Waals surface area contributed by atoms with Gasteiger partial charge in [0.15, 0.2) is 0 Å². The summed E-state index contributed by atoms with van der Waals surface area (Å²) in [6.45, 7) is 3.13. The Bertz CT molecular complexity index is 1030. The number of para-hydroxylation sites is 2. The van der Waals surface area contributed by atoms with E-state index in [0.717, 1.165) is 28.0 Å². The molecule has 1 unspecified atom stereocenters. The van der Waals surface area contributed by atoms with Gasteiger partial charge in [-0.1, -0.05) is 18.2 Å². The van der Waals surface area contributed by atoms with Crippen molar-refractivity contribution in [3.05, 3.63) is 90.3 Å². The summed E-state index contributed by atoms with van der Waals surface area (Å²) < 4.78 is 0. The summed E-state index contributed by atoms with van der Waals surface area (Å²) in [5.41, 5.74) is 4.03. The summed E-state index contributed by atoms with van der Waals surface area (Å²) in [5, 5.41) is 0.0857. The van der Waals surface area contributed by atoms with Gasteiger partial charge < -0.3 is 9.88 Å². The molecule has 0 fully saturated rings. The number of aromatic nitrogens is 4. The van der Waals surface area contributed by atoms with Crippen LogP contribution in [0.25, 0.3) is 11.0 Å². The molecule has 0 radical (unpaired) electrons. The highest BCUT2D eigenvalue weighted by molar-refractivity contribution is 8.00. The molecule has 1 N–H and O–H groups in total. The molecule has 3 aromatic heterocycles. The SMILES string of the molecule is CC(SCC(=O)N(Cc1ccncc1)Cc1cccnc1)c1nc2ccccc2[nH]1. The van der Waals surface area contributed by atoms with E-state index in [-0.39, 0.29) is 11.2 Å². The van der Waals surface area contributed by atoms with Gasteiger partial charge in [0.2, 0.25) is 5.91 Å². The third-order valence-electron chi connectivity index (χ3n) is 4.82. The van der Waals surface area contributed by atoms with Crippen LogP contribution >= 0.6 is 11.8 Å². The van der Waals surface area contributed by atoms with Gasteiger partial charge in [0.1, 0.15) is 5.82 Å². The van der Waals surface area contributed by atoms with Crippen LogP contribution < -0.4 is 0 Å². The second kappa shape index (κ2) is 9.54. The van der Waals surface area contributed by atoms with E-state index in [2.05, 4.69) is 26.9 Å². The summed E-state index contributed by atoms with van der Waals surface area (Å²) in [4.78, 5) is 31.2. The first kappa shape index (κ1) is 20.1. The Morgan fingerprint density at radius 1 is 1.00 bits per heavy atom. The number of carbonyl (C=O) groups is 1. The Labute approximate surface area is 179 Å². The molecule has 4 rings (SSSR count). The van der Waals surface area contributed by atoms with Crippen LogP contribution in [-0.4, -0.2) is 36.5 Å². The number of fused-ring (bicyclic) bond motifs is 1. The van der Waals surface area contributed by atoms with Gasteiger partial charge >= 0.3 is 0 Å². The average Bonchev–Trinajstić information content (AvgIpc) is 3.23. The molecule has 0 aliphatic heterocycles. The Morgan fingerprint density at radius 3 is 2.57 bits per heavy atom. The highest BCUT2D eigenvalue weighted by Gasteiger charge is 2.18. The van der Waals surface area contributed by atoms with E-state index in [4.69, 9.17) is 0 Å². The number of rotatable bonds is 8. The molecule has 1 atom stereocenters. The molecule has 30 heavy (non-hydrogen) atoms. The number of hydrogen-bond acceptors (Lipinski definition) is 5. The molecule has 4 aromatic rings. The lowest BCUT2D eigenvalue weighted by Crippen LogP contribution is -2.31. The maximum Gasteiger partial charge on any atom is 0.233 e. The maximum absolute atomic E-state index is 13.1. The fraction of sp³-hybridized carbons (Fsp3) is 0.217. The highest BCUT2D eigenvalue weighted by atomic mass is 32.2. The summed E-state index contributed by atoms with van der Waals surface area (Å²) >= 11 is 1.59. The largest absolute Gasteiger partial charge is 0.341 e. The quantitative estimate of drug-likeness (QED) is 0.461. The molecule has 0 aliphatic carbocycles. The fourth-order valence-electron chi connectivity index (χ4n) is 3.18. The third kappa shape index (κ3) is 5.04. The summed E-state index contributed by atoms with van der Waals surface area (Å²) in [7, 11) is 0. The van der Waals surface area contributed by atoms with Crippen molar-refractivity contribution < 1.29 is 4.79 Å². The van der Waals surface area contributed by atoms with Gasteiger partial charge in [-0.15, -0.1) is 11.8 Å². The zero-order valence-corrected chi connectivity index (χ0v) is 17.5. The molecule has 3 heterocycles. The van der Waals surface area contributed by atoms with Gasteiger partial charge in [0, 0.05) is 37.9 Å². The number of hydrogen-bond donors (Lipinski definition) is 1. The van der Waals surface area contributed by atoms with Gasteiger partial charge in [0.05, 0.1) is 22.0 Å². The minimum atomic E-state index is 0.0857. The number of carbonyl (C=O) groups excluding carboxylic acids is 1. The van der Waals surface area contributed by atoms with Crippen LogP contribution in [0.3, 0.4) is 0 Å². The molecule has 1 aromatic carbocycles. The molecule has 152 valence electrons. The van der Waals surface area contributed by atoms with Crippen molar-refractivity contribution in [2.24, 2.45) is 0 Å². The van der Waals surface area contributed by atoms with E-state index in [0.29, 0.717) is 18.8 Å². The minimum Gasteiger partial charge on any atom is -0.341 e. The van der Waals surface area contributed by atoms with Crippen LogP contribution in [0.5, 0.6) is 0 Å². The number of imidazole rings is 1. The first-order chi connectivity index (χ1) is 14.7. The molecule has 0 spiro atoms. The minimum absolute atomic E-state index is 0.0857. The summed E-state index contributed by atoms with van der Waals surface area (Å²) in [6.07, 6.45) is 7.04. The Hall–Kier alpha value is -3.19. The number of benzene rings is 1. The number of nitrogens with one attached hydrogen (secondary N) is 1. The molecule has 6 nitrogen and oxygen atoms in total. The second-order valence-electron chi connectivity index (χ2n) is 7.06. The molecule has 0 aliphatic rings. The molecule has 0 bridgehead atoms. The third-order valence-corrected chi connectivity index (χ3v) is 5.96. The maximum atomic E-state index is 13.1. The summed E-state index contributed by atoms with van der Waals surface area (Å²) in [5.74, 6) is 1.36. The summed E-state index contributed by atoms with van der Waals surface area (Å²) in [6, 6.07) is 15.7. The van der Waals surface area contributed by atoms with Crippen molar-refractivity contribution in [2.45, 2.75) is 25.3 Å². The van der Waals surface area contributed by atoms with Gasteiger partial charge in [-0.05, 0) is 48.4 Å². The number of H-pyrrole nitrogens is 1. The van der Waals surface area contributed by atoms with Gasteiger partial charge in [-0.3, -0.25) is 14.8 Å². The predicted octanol–water partition coefficient (Wildman–Crippen LogP) is 4.38. The van der Waals surface area contributed by atoms with Crippen LogP contribution in [-0.2, 0) is 17.9 Å². The second-order valence-corrected chi connectivity index (χ2v) is 8.39. The van der Waals surface area contributed by atoms with Gasteiger partial charge in [0.25, 0.3) is 0 Å². The smallest absolute Gasteiger partial charge is 0.233 e. The molecular formula is C23H23N5OS. The lowest BCUT2D eigenvalue weighted by atomic mass is 10.2. The normalized spacial score (nSPS) is 12.0. The molecule has 7 heteroatoms. The Morgan fingerprint density at radius 2 is 1.80 bits per heavy atom. The first-order valence-corrected chi connectivity index (χ1v) is 10.9. The predicted molar refractivity (Wildman–Crippen MR) is 120 cm³/mol. The highest BCUT2D eigenvalue weighted by Crippen LogP contribution is 2.28. The molecule has 1 amide bonds. The van der Waals surface area contributed by atoms with Crippen molar-refractivity contribution in [1.82, 2.24) is 24.8 Å². The van der Waals surface area contributed by atoms with Crippen molar-refractivity contribution in [1.29, 1.82) is 0 Å². The Kier molecular flexibility index (Phi) is 6.39. The van der Waals surface area contributed by atoms with E-state index in [1.807, 2.05) is 53.4 Å². The zero-order valence-electron chi connectivity index (χ0n) is 16.7. The molecular weight excluding hydrogens is 394 g/mol. The van der Waals surface area contributed by atoms with E-state index in [1.165, 1.54) is 0 Å². The van der Waals surface area contributed by atoms with Crippen LogP contribution in [0.1, 0.15) is 29.1 Å². The van der Waals surface area contributed by atoms with Gasteiger partial charge in [-0.2, -0.15) is 0 Å². The molecule has 0 saturated heterocycles. The van der Waals surface area contributed by atoms with Crippen LogP contribution in [0.4, 0.5) is 0 Å². The lowest BCUT2D eigenvalue weighted by Gasteiger charge is -2.23. The monoisotopic (exact) mass is 417 g/mol. The van der Waals surface area contributed by atoms with Crippen LogP contribution in [0.2, 0.25) is 0 Å². The van der Waals surface area contributed by atoms with Crippen molar-refractivity contribution in [2.75, 3.05) is 5.75 Å². The van der Waals surface area contributed by atoms with E-state index in [9.17, 15) is 4.79 Å². The van der Waals surface area contributed by atoms with Crippen molar-refractivity contribution >= 4 is 28.7 Å². The van der Waals surface area contributed by atoms with Gasteiger partial charge in [-0.25, -0.2) is 4.98 Å².